The first-order valence-corrected chi connectivity index (χ1v) is 19.0. The second-order valence-corrected chi connectivity index (χ2v) is 26.0. The molecule has 0 bridgehead atoms. The third kappa shape index (κ3) is 15.7. The zero-order chi connectivity index (χ0) is 11.6. The summed E-state index contributed by atoms with van der Waals surface area (Å²) in [7, 11) is 17.6. The Kier molecular flexibility index (Phi) is 12.0. The van der Waals surface area contributed by atoms with E-state index in [2.05, 4.69) is 6.92 Å². The maximum absolute atomic E-state index is 5.87. The molecule has 0 nitrogen and oxygen atoms in total. The molecule has 0 aliphatic rings. The van der Waals surface area contributed by atoms with Gasteiger partial charge in [0.25, 0.3) is 0 Å². The molecule has 15 heavy (non-hydrogen) atoms. The van der Waals surface area contributed by atoms with Gasteiger partial charge in [-0.1, -0.05) is 0 Å². The summed E-state index contributed by atoms with van der Waals surface area (Å²) in [4.78, 5) is 0. The first kappa shape index (κ1) is 16.7. The Labute approximate surface area is 110 Å². The topological polar surface area (TPSA) is 0 Å². The molecule has 0 unspecified atom stereocenters. The van der Waals surface area contributed by atoms with E-state index in [4.69, 9.17) is 26.8 Å². The van der Waals surface area contributed by atoms with Crippen LogP contribution in [0.1, 0.15) is 64.7 Å². The SMILES string of the molecule is CCCCCCCCCC[CH2][Sn]([Cl])([Cl])[Cl]. The second kappa shape index (κ2) is 10.8. The summed E-state index contributed by atoms with van der Waals surface area (Å²) in [5.41, 5.74) is 0. The summed E-state index contributed by atoms with van der Waals surface area (Å²) in [5, 5.41) is 0. The van der Waals surface area contributed by atoms with Gasteiger partial charge >= 0.3 is 111 Å². The number of halogens is 3. The maximum atomic E-state index is 5.87. The Balaban J connectivity index is 2.99. The monoisotopic (exact) mass is 380 g/mol. The van der Waals surface area contributed by atoms with Gasteiger partial charge in [0.05, 0.1) is 0 Å². The van der Waals surface area contributed by atoms with E-state index in [0.29, 0.717) is 0 Å². The van der Waals surface area contributed by atoms with Crippen molar-refractivity contribution in [1.29, 1.82) is 0 Å². The van der Waals surface area contributed by atoms with Crippen LogP contribution in [-0.2, 0) is 0 Å². The van der Waals surface area contributed by atoms with Crippen LogP contribution in [0.4, 0.5) is 0 Å². The van der Waals surface area contributed by atoms with Crippen molar-refractivity contribution in [2.24, 2.45) is 0 Å². The van der Waals surface area contributed by atoms with Gasteiger partial charge in [0.2, 0.25) is 0 Å². The van der Waals surface area contributed by atoms with Gasteiger partial charge in [-0.05, 0) is 0 Å². The second-order valence-electron chi connectivity index (χ2n) is 4.19. The van der Waals surface area contributed by atoms with Crippen LogP contribution in [0.25, 0.3) is 0 Å². The molecule has 0 N–H and O–H groups in total. The summed E-state index contributed by atoms with van der Waals surface area (Å²) >= 11 is -2.99. The molecule has 0 rings (SSSR count). The molecule has 4 heteroatoms. The van der Waals surface area contributed by atoms with Crippen LogP contribution in [0.2, 0.25) is 4.44 Å². The molecular weight excluding hydrogens is 357 g/mol. The van der Waals surface area contributed by atoms with Crippen molar-refractivity contribution in [2.45, 2.75) is 69.1 Å². The zero-order valence-corrected chi connectivity index (χ0v) is 14.8. The van der Waals surface area contributed by atoms with E-state index in [0.717, 1.165) is 10.9 Å². The first-order valence-electron chi connectivity index (χ1n) is 6.13. The normalized spacial score (nSPS) is 12.0. The van der Waals surface area contributed by atoms with E-state index < -0.39 is 15.0 Å². The Morgan fingerprint density at radius 1 is 0.667 bits per heavy atom. The number of hydrogen-bond donors (Lipinski definition) is 0. The molecule has 0 aromatic carbocycles. The molecule has 0 atom stereocenters. The van der Waals surface area contributed by atoms with Gasteiger partial charge < -0.3 is 0 Å². The van der Waals surface area contributed by atoms with Crippen LogP contribution in [-0.4, -0.2) is 15.0 Å². The average molecular weight is 380 g/mol. The summed E-state index contributed by atoms with van der Waals surface area (Å²) in [6, 6.07) is 0. The van der Waals surface area contributed by atoms with Crippen LogP contribution in [0.15, 0.2) is 0 Å². The fourth-order valence-corrected chi connectivity index (χ4v) is 6.18. The summed E-state index contributed by atoms with van der Waals surface area (Å²) < 4.78 is 0.898. The van der Waals surface area contributed by atoms with Gasteiger partial charge in [0.1, 0.15) is 0 Å². The van der Waals surface area contributed by atoms with Gasteiger partial charge in [-0.15, -0.1) is 0 Å². The minimum atomic E-state index is -2.99. The molecule has 0 aromatic heterocycles. The summed E-state index contributed by atoms with van der Waals surface area (Å²) in [5.74, 6) is 0. The minimum absolute atomic E-state index is 0.898. The molecule has 0 radical (unpaired) electrons. The molecule has 0 amide bonds. The van der Waals surface area contributed by atoms with Crippen molar-refractivity contribution in [3.05, 3.63) is 0 Å². The third-order valence-corrected chi connectivity index (χ3v) is 8.99. The Morgan fingerprint density at radius 2 is 1.07 bits per heavy atom. The van der Waals surface area contributed by atoms with Crippen molar-refractivity contribution >= 4 is 41.8 Å². The van der Waals surface area contributed by atoms with E-state index in [1.165, 1.54) is 51.4 Å². The zero-order valence-electron chi connectivity index (χ0n) is 9.70. The molecule has 0 saturated carbocycles. The van der Waals surface area contributed by atoms with Crippen molar-refractivity contribution in [3.8, 4) is 0 Å². The van der Waals surface area contributed by atoms with Crippen LogP contribution < -0.4 is 0 Å². The Morgan fingerprint density at radius 3 is 1.47 bits per heavy atom. The van der Waals surface area contributed by atoms with E-state index in [9.17, 15) is 0 Å². The van der Waals surface area contributed by atoms with E-state index in [-0.39, 0.29) is 0 Å². The molecule has 92 valence electrons. The molecular formula is C11H23Cl3Sn. The fourth-order valence-electron chi connectivity index (χ4n) is 1.64. The van der Waals surface area contributed by atoms with E-state index in [1.807, 2.05) is 0 Å². The van der Waals surface area contributed by atoms with Crippen molar-refractivity contribution in [2.75, 3.05) is 0 Å². The molecule has 0 aliphatic carbocycles. The molecule has 0 fully saturated rings. The van der Waals surface area contributed by atoms with Gasteiger partial charge in [-0.25, -0.2) is 0 Å². The van der Waals surface area contributed by atoms with Crippen molar-refractivity contribution < 1.29 is 0 Å². The third-order valence-electron chi connectivity index (χ3n) is 2.56. The molecule has 0 saturated heterocycles. The molecule has 0 spiro atoms. The van der Waals surface area contributed by atoms with E-state index >= 15 is 0 Å². The van der Waals surface area contributed by atoms with Gasteiger partial charge in [-0.2, -0.15) is 0 Å². The predicted octanol–water partition coefficient (Wildman–Crippen LogP) is 6.17. The van der Waals surface area contributed by atoms with Gasteiger partial charge in [0, 0.05) is 0 Å². The van der Waals surface area contributed by atoms with Crippen LogP contribution >= 0.6 is 26.8 Å². The molecule has 0 aliphatic heterocycles. The standard InChI is InChI=1S/C11H23.3ClH.Sn/c1-3-5-7-9-11-10-8-6-4-2;;;;/h1,3-11H2,2H3;3*1H;/q;;;;+3/p-3. The number of unbranched alkanes of at least 4 members (excludes halogenated alkanes) is 8. The summed E-state index contributed by atoms with van der Waals surface area (Å²) in [6.07, 6.45) is 12.0. The van der Waals surface area contributed by atoms with E-state index in [1.54, 1.807) is 0 Å². The van der Waals surface area contributed by atoms with Gasteiger partial charge in [-0.3, -0.25) is 0 Å². The first-order chi connectivity index (χ1) is 7.06. The Bertz CT molecular complexity index is 134. The quantitative estimate of drug-likeness (QED) is 0.314. The van der Waals surface area contributed by atoms with Crippen molar-refractivity contribution in [3.63, 3.8) is 0 Å². The van der Waals surface area contributed by atoms with Crippen molar-refractivity contribution in [1.82, 2.24) is 0 Å². The fraction of sp³-hybridized carbons (Fsp3) is 1.00. The number of rotatable bonds is 10. The average Bonchev–Trinajstić information content (AvgIpc) is 2.14. The van der Waals surface area contributed by atoms with Crippen LogP contribution in [0.3, 0.4) is 0 Å². The Hall–Kier alpha value is 1.67. The number of hydrogen-bond acceptors (Lipinski definition) is 0. The molecule has 0 aromatic rings. The van der Waals surface area contributed by atoms with Crippen LogP contribution in [0.5, 0.6) is 0 Å². The summed E-state index contributed by atoms with van der Waals surface area (Å²) in [6.45, 7) is 2.25. The van der Waals surface area contributed by atoms with Gasteiger partial charge in [0.15, 0.2) is 0 Å². The van der Waals surface area contributed by atoms with Crippen LogP contribution in [0, 0.1) is 0 Å². The molecule has 0 heterocycles. The predicted molar refractivity (Wildman–Crippen MR) is 75.3 cm³/mol.